The fraction of sp³-hybridized carbons (Fsp3) is 0.696. The van der Waals surface area contributed by atoms with Crippen molar-refractivity contribution >= 4 is 5.96 Å². The van der Waals surface area contributed by atoms with Crippen LogP contribution in [0.5, 0.6) is 0 Å². The number of nitrogens with two attached hydrogens (primary N) is 1. The van der Waals surface area contributed by atoms with Crippen LogP contribution in [0.25, 0.3) is 0 Å². The molecule has 2 fully saturated rings. The van der Waals surface area contributed by atoms with Crippen LogP contribution in [-0.2, 0) is 11.3 Å². The van der Waals surface area contributed by atoms with E-state index in [-0.39, 0.29) is 0 Å². The lowest BCUT2D eigenvalue weighted by molar-refractivity contribution is 0.00535. The van der Waals surface area contributed by atoms with E-state index in [4.69, 9.17) is 10.5 Å². The van der Waals surface area contributed by atoms with Crippen molar-refractivity contribution in [3.63, 3.8) is 0 Å². The summed E-state index contributed by atoms with van der Waals surface area (Å²) in [6, 6.07) is 11.3. The van der Waals surface area contributed by atoms with E-state index >= 15 is 0 Å². The fourth-order valence-corrected chi connectivity index (χ4v) is 4.39. The third-order valence-electron chi connectivity index (χ3n) is 6.14. The van der Waals surface area contributed by atoms with Crippen molar-refractivity contribution in [3.8, 4) is 0 Å². The SMILES string of the molecule is CCN1CCCC1CN=C(N)NCCCOC1CCN(Cc2ccccc2)CC1. The molecular formula is C23H39N5O. The van der Waals surface area contributed by atoms with Crippen LogP contribution in [0.3, 0.4) is 0 Å². The number of nitrogens with one attached hydrogen (secondary N) is 1. The summed E-state index contributed by atoms with van der Waals surface area (Å²) >= 11 is 0. The third kappa shape index (κ3) is 7.61. The largest absolute Gasteiger partial charge is 0.378 e. The number of hydrogen-bond acceptors (Lipinski definition) is 4. The summed E-state index contributed by atoms with van der Waals surface area (Å²) < 4.78 is 6.08. The van der Waals surface area contributed by atoms with E-state index < -0.39 is 0 Å². The highest BCUT2D eigenvalue weighted by Gasteiger charge is 2.22. The topological polar surface area (TPSA) is 66.1 Å². The van der Waals surface area contributed by atoms with Crippen LogP contribution in [0.15, 0.2) is 35.3 Å². The second-order valence-corrected chi connectivity index (χ2v) is 8.26. The lowest BCUT2D eigenvalue weighted by Gasteiger charge is -2.32. The third-order valence-corrected chi connectivity index (χ3v) is 6.14. The maximum absolute atomic E-state index is 6.08. The average Bonchev–Trinajstić information content (AvgIpc) is 3.21. The Labute approximate surface area is 176 Å². The highest BCUT2D eigenvalue weighted by atomic mass is 16.5. The van der Waals surface area contributed by atoms with Gasteiger partial charge in [-0.2, -0.15) is 0 Å². The van der Waals surface area contributed by atoms with Crippen LogP contribution in [0.4, 0.5) is 0 Å². The molecule has 1 atom stereocenters. The van der Waals surface area contributed by atoms with Gasteiger partial charge in [-0.1, -0.05) is 37.3 Å². The smallest absolute Gasteiger partial charge is 0.188 e. The van der Waals surface area contributed by atoms with Gasteiger partial charge in [0.2, 0.25) is 0 Å². The first kappa shape index (κ1) is 22.1. The van der Waals surface area contributed by atoms with Crippen molar-refractivity contribution < 1.29 is 4.74 Å². The van der Waals surface area contributed by atoms with Crippen molar-refractivity contribution in [2.24, 2.45) is 10.7 Å². The number of likely N-dealkylation sites (tertiary alicyclic amines) is 2. The van der Waals surface area contributed by atoms with E-state index in [9.17, 15) is 0 Å². The summed E-state index contributed by atoms with van der Waals surface area (Å²) in [6.07, 6.45) is 6.13. The minimum Gasteiger partial charge on any atom is -0.378 e. The highest BCUT2D eigenvalue weighted by molar-refractivity contribution is 5.77. The Hall–Kier alpha value is -1.63. The number of likely N-dealkylation sites (N-methyl/N-ethyl adjacent to an activating group) is 1. The van der Waals surface area contributed by atoms with Crippen molar-refractivity contribution in [1.29, 1.82) is 0 Å². The number of hydrogen-bond donors (Lipinski definition) is 2. The zero-order valence-corrected chi connectivity index (χ0v) is 18.1. The molecule has 3 N–H and O–H groups in total. The molecule has 3 rings (SSSR count). The summed E-state index contributed by atoms with van der Waals surface area (Å²) in [4.78, 5) is 9.55. The van der Waals surface area contributed by atoms with Gasteiger partial charge in [0.1, 0.15) is 0 Å². The summed E-state index contributed by atoms with van der Waals surface area (Å²) in [5.41, 5.74) is 7.41. The molecule has 0 radical (unpaired) electrons. The molecular weight excluding hydrogens is 362 g/mol. The number of ether oxygens (including phenoxy) is 1. The molecule has 0 aromatic heterocycles. The fourth-order valence-electron chi connectivity index (χ4n) is 4.39. The molecule has 0 aliphatic carbocycles. The number of guanidine groups is 1. The maximum Gasteiger partial charge on any atom is 0.188 e. The first-order valence-electron chi connectivity index (χ1n) is 11.4. The number of piperidine rings is 1. The quantitative estimate of drug-likeness (QED) is 0.358. The standard InChI is InChI=1S/C23H39N5O/c1-2-28-14-6-10-21(28)18-26-23(24)25-13-7-17-29-22-11-15-27(16-12-22)19-20-8-4-3-5-9-20/h3-5,8-9,21-22H,2,6-7,10-19H2,1H3,(H3,24,25,26). The zero-order valence-electron chi connectivity index (χ0n) is 18.1. The van der Waals surface area contributed by atoms with Crippen molar-refractivity contribution in [1.82, 2.24) is 15.1 Å². The Morgan fingerprint density at radius 1 is 1.17 bits per heavy atom. The van der Waals surface area contributed by atoms with Crippen LogP contribution >= 0.6 is 0 Å². The van der Waals surface area contributed by atoms with Gasteiger partial charge in [-0.15, -0.1) is 0 Å². The molecule has 1 aromatic carbocycles. The molecule has 1 aromatic rings. The molecule has 1 unspecified atom stereocenters. The van der Waals surface area contributed by atoms with E-state index in [1.807, 2.05) is 0 Å². The molecule has 0 amide bonds. The van der Waals surface area contributed by atoms with E-state index in [2.05, 4.69) is 57.4 Å². The summed E-state index contributed by atoms with van der Waals surface area (Å²) in [6.45, 7) is 10.2. The van der Waals surface area contributed by atoms with Crippen LogP contribution in [-0.4, -0.2) is 73.8 Å². The van der Waals surface area contributed by atoms with Gasteiger partial charge >= 0.3 is 0 Å². The van der Waals surface area contributed by atoms with E-state index in [0.29, 0.717) is 18.1 Å². The molecule has 2 aliphatic rings. The predicted molar refractivity (Wildman–Crippen MR) is 120 cm³/mol. The summed E-state index contributed by atoms with van der Waals surface area (Å²) in [5.74, 6) is 0.571. The Bertz CT molecular complexity index is 601. The van der Waals surface area contributed by atoms with Crippen molar-refractivity contribution in [2.45, 2.75) is 57.7 Å². The molecule has 0 saturated carbocycles. The molecule has 162 valence electrons. The van der Waals surface area contributed by atoms with Gasteiger partial charge in [0, 0.05) is 38.8 Å². The predicted octanol–water partition coefficient (Wildman–Crippen LogP) is 2.45. The molecule has 2 aliphatic heterocycles. The summed E-state index contributed by atoms with van der Waals surface area (Å²) in [5, 5.41) is 3.23. The second-order valence-electron chi connectivity index (χ2n) is 8.26. The van der Waals surface area contributed by atoms with Crippen molar-refractivity contribution in [3.05, 3.63) is 35.9 Å². The van der Waals surface area contributed by atoms with Gasteiger partial charge in [-0.3, -0.25) is 14.8 Å². The normalized spacial score (nSPS) is 22.2. The van der Waals surface area contributed by atoms with Crippen LogP contribution < -0.4 is 11.1 Å². The van der Waals surface area contributed by atoms with Gasteiger partial charge in [0.25, 0.3) is 0 Å². The Morgan fingerprint density at radius 3 is 2.72 bits per heavy atom. The number of nitrogens with zero attached hydrogens (tertiary/aromatic N) is 3. The Kier molecular flexibility index (Phi) is 9.25. The van der Waals surface area contributed by atoms with E-state index in [1.54, 1.807) is 0 Å². The molecule has 2 saturated heterocycles. The monoisotopic (exact) mass is 401 g/mol. The van der Waals surface area contributed by atoms with Crippen LogP contribution in [0.2, 0.25) is 0 Å². The molecule has 29 heavy (non-hydrogen) atoms. The molecule has 2 heterocycles. The second kappa shape index (κ2) is 12.2. The van der Waals surface area contributed by atoms with Gasteiger partial charge in [0.05, 0.1) is 12.6 Å². The minimum atomic E-state index is 0.399. The molecule has 6 heteroatoms. The van der Waals surface area contributed by atoms with E-state index in [1.165, 1.54) is 24.9 Å². The highest BCUT2D eigenvalue weighted by Crippen LogP contribution is 2.17. The number of rotatable bonds is 10. The van der Waals surface area contributed by atoms with Gasteiger partial charge in [-0.05, 0) is 50.8 Å². The average molecular weight is 402 g/mol. The molecule has 0 spiro atoms. The Morgan fingerprint density at radius 2 is 1.97 bits per heavy atom. The lowest BCUT2D eigenvalue weighted by atomic mass is 10.1. The zero-order chi connectivity index (χ0) is 20.3. The van der Waals surface area contributed by atoms with Gasteiger partial charge in [0.15, 0.2) is 5.96 Å². The van der Waals surface area contributed by atoms with Crippen LogP contribution in [0.1, 0.15) is 44.6 Å². The van der Waals surface area contributed by atoms with Gasteiger partial charge in [-0.25, -0.2) is 0 Å². The Balaban J connectivity index is 1.22. The lowest BCUT2D eigenvalue weighted by Crippen LogP contribution is -2.37. The first-order valence-corrected chi connectivity index (χ1v) is 11.4. The molecule has 6 nitrogen and oxygen atoms in total. The first-order chi connectivity index (χ1) is 14.2. The summed E-state index contributed by atoms with van der Waals surface area (Å²) in [7, 11) is 0. The number of benzene rings is 1. The van der Waals surface area contributed by atoms with E-state index in [0.717, 1.165) is 65.1 Å². The van der Waals surface area contributed by atoms with Crippen LogP contribution in [0, 0.1) is 0 Å². The maximum atomic E-state index is 6.08. The molecule has 0 bridgehead atoms. The van der Waals surface area contributed by atoms with Crippen molar-refractivity contribution in [2.75, 3.05) is 45.9 Å². The minimum absolute atomic E-state index is 0.399. The number of aliphatic imine (C=N–C) groups is 1. The van der Waals surface area contributed by atoms with Gasteiger partial charge < -0.3 is 15.8 Å².